The summed E-state index contributed by atoms with van der Waals surface area (Å²) in [7, 11) is 0. The van der Waals surface area contributed by atoms with Crippen molar-refractivity contribution in [3.8, 4) is 0 Å². The summed E-state index contributed by atoms with van der Waals surface area (Å²) in [6, 6.07) is 0. The van der Waals surface area contributed by atoms with Crippen LogP contribution in [0.5, 0.6) is 0 Å². The molecule has 0 atom stereocenters. The van der Waals surface area contributed by atoms with Crippen LogP contribution in [0.2, 0.25) is 0 Å². The van der Waals surface area contributed by atoms with Gasteiger partial charge in [-0.2, -0.15) is 0 Å². The quantitative estimate of drug-likeness (QED) is 0.645. The highest BCUT2D eigenvalue weighted by molar-refractivity contribution is 4.80. The Morgan fingerprint density at radius 1 is 1.08 bits per heavy atom. The lowest BCUT2D eigenvalue weighted by atomic mass is 9.75. The molecule has 1 saturated carbocycles. The minimum absolute atomic E-state index is 0.630. The third kappa shape index (κ3) is 2.48. The summed E-state index contributed by atoms with van der Waals surface area (Å²) >= 11 is 0. The summed E-state index contributed by atoms with van der Waals surface area (Å²) in [5, 5.41) is 0. The highest BCUT2D eigenvalue weighted by Crippen LogP contribution is 2.40. The van der Waals surface area contributed by atoms with E-state index in [0.717, 1.165) is 6.54 Å². The molecule has 0 saturated heterocycles. The van der Waals surface area contributed by atoms with Crippen molar-refractivity contribution in [3.05, 3.63) is 0 Å². The summed E-state index contributed by atoms with van der Waals surface area (Å²) in [5.74, 6) is 0. The maximum Gasteiger partial charge on any atom is -0.00720 e. The van der Waals surface area contributed by atoms with Crippen LogP contribution < -0.4 is 5.73 Å². The highest BCUT2D eigenvalue weighted by atomic mass is 14.5. The fourth-order valence-corrected chi connectivity index (χ4v) is 2.57. The minimum atomic E-state index is 0.630. The van der Waals surface area contributed by atoms with Gasteiger partial charge in [-0.3, -0.25) is 0 Å². The predicted octanol–water partition coefficient (Wildman–Crippen LogP) is 3.09. The zero-order valence-electron chi connectivity index (χ0n) is 8.44. The molecule has 2 N–H and O–H groups in total. The monoisotopic (exact) mass is 169 g/mol. The first-order valence-electron chi connectivity index (χ1n) is 5.53. The molecule has 0 aromatic heterocycles. The number of rotatable bonds is 3. The molecule has 1 aliphatic rings. The normalized spacial score (nSPS) is 23.5. The van der Waals surface area contributed by atoms with Crippen LogP contribution in [0.3, 0.4) is 0 Å². The van der Waals surface area contributed by atoms with Gasteiger partial charge in [-0.15, -0.1) is 0 Å². The molecule has 72 valence electrons. The van der Waals surface area contributed by atoms with E-state index >= 15 is 0 Å². The van der Waals surface area contributed by atoms with Gasteiger partial charge in [-0.25, -0.2) is 0 Å². The molecule has 0 amide bonds. The maximum atomic E-state index is 5.67. The van der Waals surface area contributed by atoms with Crippen LogP contribution in [0.4, 0.5) is 0 Å². The van der Waals surface area contributed by atoms with E-state index in [1.807, 2.05) is 0 Å². The molecule has 0 unspecified atom stereocenters. The Morgan fingerprint density at radius 3 is 2.08 bits per heavy atom. The summed E-state index contributed by atoms with van der Waals surface area (Å²) in [5.41, 5.74) is 6.30. The lowest BCUT2D eigenvalue weighted by molar-refractivity contribution is 0.217. The first kappa shape index (κ1) is 10.0. The Morgan fingerprint density at radius 2 is 1.67 bits per heavy atom. The number of hydrogen-bond acceptors (Lipinski definition) is 1. The zero-order chi connectivity index (χ0) is 8.86. The van der Waals surface area contributed by atoms with Gasteiger partial charge in [0.25, 0.3) is 0 Å². The molecule has 1 rings (SSSR count). The third-order valence-corrected chi connectivity index (χ3v) is 3.59. The SMILES string of the molecule is CCC1(CCN)CCCCCC1. The van der Waals surface area contributed by atoms with Crippen LogP contribution in [0.25, 0.3) is 0 Å². The van der Waals surface area contributed by atoms with Crippen LogP contribution in [0, 0.1) is 5.41 Å². The average molecular weight is 169 g/mol. The molecule has 1 aliphatic carbocycles. The van der Waals surface area contributed by atoms with E-state index in [1.165, 1.54) is 51.4 Å². The van der Waals surface area contributed by atoms with E-state index in [9.17, 15) is 0 Å². The summed E-state index contributed by atoms with van der Waals surface area (Å²) in [6.45, 7) is 3.22. The van der Waals surface area contributed by atoms with Gasteiger partial charge in [0.2, 0.25) is 0 Å². The summed E-state index contributed by atoms with van der Waals surface area (Å²) in [6.07, 6.45) is 11.2. The topological polar surface area (TPSA) is 26.0 Å². The summed E-state index contributed by atoms with van der Waals surface area (Å²) < 4.78 is 0. The molecular weight excluding hydrogens is 146 g/mol. The molecule has 0 aliphatic heterocycles. The Kier molecular flexibility index (Phi) is 4.07. The molecule has 0 aromatic rings. The predicted molar refractivity (Wildman–Crippen MR) is 54.1 cm³/mol. The van der Waals surface area contributed by atoms with Crippen LogP contribution in [0.15, 0.2) is 0 Å². The second-order valence-corrected chi connectivity index (χ2v) is 4.31. The molecule has 1 fully saturated rings. The second kappa shape index (κ2) is 4.86. The van der Waals surface area contributed by atoms with Crippen molar-refractivity contribution in [3.63, 3.8) is 0 Å². The summed E-state index contributed by atoms with van der Waals surface area (Å²) in [4.78, 5) is 0. The van der Waals surface area contributed by atoms with Gasteiger partial charge in [-0.05, 0) is 31.2 Å². The molecule has 1 nitrogen and oxygen atoms in total. The molecule has 12 heavy (non-hydrogen) atoms. The Hall–Kier alpha value is -0.0400. The lowest BCUT2D eigenvalue weighted by Gasteiger charge is -2.31. The van der Waals surface area contributed by atoms with Crippen LogP contribution >= 0.6 is 0 Å². The van der Waals surface area contributed by atoms with E-state index in [4.69, 9.17) is 5.73 Å². The van der Waals surface area contributed by atoms with Crippen molar-refractivity contribution in [2.75, 3.05) is 6.54 Å². The van der Waals surface area contributed by atoms with Crippen molar-refractivity contribution in [2.24, 2.45) is 11.1 Å². The Labute approximate surface area is 76.7 Å². The molecule has 0 radical (unpaired) electrons. The van der Waals surface area contributed by atoms with Gasteiger partial charge in [0.15, 0.2) is 0 Å². The van der Waals surface area contributed by atoms with Crippen LogP contribution in [0.1, 0.15) is 58.3 Å². The van der Waals surface area contributed by atoms with Crippen molar-refractivity contribution in [2.45, 2.75) is 58.3 Å². The van der Waals surface area contributed by atoms with Crippen molar-refractivity contribution >= 4 is 0 Å². The Balaban J connectivity index is 2.48. The van der Waals surface area contributed by atoms with Gasteiger partial charge >= 0.3 is 0 Å². The van der Waals surface area contributed by atoms with Gasteiger partial charge < -0.3 is 5.73 Å². The largest absolute Gasteiger partial charge is 0.330 e. The first-order chi connectivity index (χ1) is 5.83. The number of hydrogen-bond donors (Lipinski definition) is 1. The van der Waals surface area contributed by atoms with E-state index in [0.29, 0.717) is 5.41 Å². The minimum Gasteiger partial charge on any atom is -0.330 e. The van der Waals surface area contributed by atoms with E-state index < -0.39 is 0 Å². The van der Waals surface area contributed by atoms with Gasteiger partial charge in [0.1, 0.15) is 0 Å². The van der Waals surface area contributed by atoms with Crippen molar-refractivity contribution < 1.29 is 0 Å². The van der Waals surface area contributed by atoms with Gasteiger partial charge in [0, 0.05) is 0 Å². The van der Waals surface area contributed by atoms with E-state index in [1.54, 1.807) is 0 Å². The highest BCUT2D eigenvalue weighted by Gasteiger charge is 2.27. The molecule has 0 bridgehead atoms. The zero-order valence-corrected chi connectivity index (χ0v) is 8.44. The smallest absolute Gasteiger partial charge is 0.00720 e. The van der Waals surface area contributed by atoms with Crippen molar-refractivity contribution in [1.29, 1.82) is 0 Å². The van der Waals surface area contributed by atoms with Gasteiger partial charge in [-0.1, -0.05) is 39.0 Å². The first-order valence-corrected chi connectivity index (χ1v) is 5.53. The lowest BCUT2D eigenvalue weighted by Crippen LogP contribution is -2.22. The van der Waals surface area contributed by atoms with E-state index in [-0.39, 0.29) is 0 Å². The fourth-order valence-electron chi connectivity index (χ4n) is 2.57. The number of nitrogens with two attached hydrogens (primary N) is 1. The third-order valence-electron chi connectivity index (χ3n) is 3.59. The average Bonchev–Trinajstić information content (AvgIpc) is 2.32. The fraction of sp³-hybridized carbons (Fsp3) is 1.00. The molecule has 0 spiro atoms. The maximum absolute atomic E-state index is 5.67. The molecule has 1 heteroatoms. The van der Waals surface area contributed by atoms with E-state index in [2.05, 4.69) is 6.92 Å². The molecule has 0 aromatic carbocycles. The van der Waals surface area contributed by atoms with Gasteiger partial charge in [0.05, 0.1) is 0 Å². The van der Waals surface area contributed by atoms with Crippen molar-refractivity contribution in [1.82, 2.24) is 0 Å². The van der Waals surface area contributed by atoms with Crippen LogP contribution in [-0.4, -0.2) is 6.54 Å². The molecule has 0 heterocycles. The van der Waals surface area contributed by atoms with Crippen LogP contribution in [-0.2, 0) is 0 Å². The molecular formula is C11H23N. The standard InChI is InChI=1S/C11H23N/c1-2-11(9-10-12)7-5-3-4-6-8-11/h2-10,12H2,1H3. The Bertz CT molecular complexity index is 112. The second-order valence-electron chi connectivity index (χ2n) is 4.31.